The summed E-state index contributed by atoms with van der Waals surface area (Å²) in [5, 5.41) is 11.6. The van der Waals surface area contributed by atoms with Gasteiger partial charge in [-0.15, -0.1) is 0 Å². The molecular formula is C10H11ClN2O3. The molecule has 6 heteroatoms. The van der Waals surface area contributed by atoms with Crippen LogP contribution in [-0.4, -0.2) is 17.1 Å². The van der Waals surface area contributed by atoms with Crippen LogP contribution < -0.4 is 11.1 Å². The number of rotatable bonds is 4. The van der Waals surface area contributed by atoms with Crippen LogP contribution in [0.1, 0.15) is 18.0 Å². The van der Waals surface area contributed by atoms with Gasteiger partial charge in [-0.05, 0) is 17.7 Å². The number of halogens is 1. The molecule has 5 nitrogen and oxygen atoms in total. The smallest absolute Gasteiger partial charge is 0.312 e. The lowest BCUT2D eigenvalue weighted by molar-refractivity contribution is -0.137. The molecule has 0 aliphatic heterocycles. The van der Waals surface area contributed by atoms with Gasteiger partial charge in [0.15, 0.2) is 0 Å². The average molecular weight is 243 g/mol. The molecule has 1 atom stereocenters. The van der Waals surface area contributed by atoms with Crippen molar-refractivity contribution < 1.29 is 14.7 Å². The number of carbonyl (C=O) groups excluding carboxylic acids is 1. The number of hydrogen-bond acceptors (Lipinski definition) is 2. The molecule has 0 aliphatic carbocycles. The fourth-order valence-corrected chi connectivity index (χ4v) is 1.42. The first-order valence-electron chi connectivity index (χ1n) is 4.52. The summed E-state index contributed by atoms with van der Waals surface area (Å²) in [6.45, 7) is 0. The van der Waals surface area contributed by atoms with E-state index >= 15 is 0 Å². The third-order valence-corrected chi connectivity index (χ3v) is 2.22. The van der Waals surface area contributed by atoms with E-state index in [1.165, 1.54) is 0 Å². The second-order valence-electron chi connectivity index (χ2n) is 3.21. The van der Waals surface area contributed by atoms with Crippen LogP contribution in [0.25, 0.3) is 0 Å². The number of carboxylic acid groups (broad SMARTS) is 1. The van der Waals surface area contributed by atoms with Crippen molar-refractivity contribution in [3.63, 3.8) is 0 Å². The van der Waals surface area contributed by atoms with Gasteiger partial charge in [0, 0.05) is 5.02 Å². The highest BCUT2D eigenvalue weighted by Crippen LogP contribution is 2.19. The summed E-state index contributed by atoms with van der Waals surface area (Å²) in [4.78, 5) is 21.3. The first-order chi connectivity index (χ1) is 7.49. The molecule has 1 aromatic carbocycles. The van der Waals surface area contributed by atoms with Crippen LogP contribution >= 0.6 is 11.6 Å². The number of carbonyl (C=O) groups is 2. The molecule has 86 valence electrons. The summed E-state index contributed by atoms with van der Waals surface area (Å²) in [5.41, 5.74) is 5.61. The Hall–Kier alpha value is -1.75. The molecule has 2 amide bonds. The zero-order valence-electron chi connectivity index (χ0n) is 8.31. The number of benzene rings is 1. The molecule has 0 bridgehead atoms. The van der Waals surface area contributed by atoms with Gasteiger partial charge >= 0.3 is 12.0 Å². The summed E-state index contributed by atoms with van der Waals surface area (Å²) in [6.07, 6.45) is -0.232. The lowest BCUT2D eigenvalue weighted by Gasteiger charge is -2.15. The molecule has 1 aromatic rings. The Bertz CT molecular complexity index is 376. The Morgan fingerprint density at radius 2 is 1.94 bits per heavy atom. The zero-order valence-corrected chi connectivity index (χ0v) is 9.07. The highest BCUT2D eigenvalue weighted by Gasteiger charge is 2.16. The fourth-order valence-electron chi connectivity index (χ4n) is 1.29. The molecular weight excluding hydrogens is 232 g/mol. The maximum absolute atomic E-state index is 10.7. The van der Waals surface area contributed by atoms with Gasteiger partial charge in [0.1, 0.15) is 0 Å². The predicted molar refractivity (Wildman–Crippen MR) is 59.2 cm³/mol. The maximum Gasteiger partial charge on any atom is 0.312 e. The Morgan fingerprint density at radius 1 is 1.38 bits per heavy atom. The molecule has 1 rings (SSSR count). The van der Waals surface area contributed by atoms with Gasteiger partial charge in [-0.1, -0.05) is 23.7 Å². The van der Waals surface area contributed by atoms with E-state index in [9.17, 15) is 9.59 Å². The van der Waals surface area contributed by atoms with Gasteiger partial charge in [-0.2, -0.15) is 0 Å². The topological polar surface area (TPSA) is 92.4 Å². The van der Waals surface area contributed by atoms with Crippen molar-refractivity contribution in [1.82, 2.24) is 5.32 Å². The van der Waals surface area contributed by atoms with Crippen LogP contribution in [0, 0.1) is 0 Å². The Kier molecular flexibility index (Phi) is 4.13. The van der Waals surface area contributed by atoms with E-state index < -0.39 is 18.0 Å². The van der Waals surface area contributed by atoms with Gasteiger partial charge in [0.25, 0.3) is 0 Å². The van der Waals surface area contributed by atoms with Crippen LogP contribution in [-0.2, 0) is 4.79 Å². The number of aliphatic carboxylic acids is 1. The van der Waals surface area contributed by atoms with E-state index in [2.05, 4.69) is 5.32 Å². The average Bonchev–Trinajstić information content (AvgIpc) is 2.16. The van der Waals surface area contributed by atoms with Gasteiger partial charge < -0.3 is 16.2 Å². The van der Waals surface area contributed by atoms with Crippen LogP contribution in [0.2, 0.25) is 5.02 Å². The van der Waals surface area contributed by atoms with Crippen LogP contribution in [0.3, 0.4) is 0 Å². The lowest BCUT2D eigenvalue weighted by atomic mass is 10.0. The van der Waals surface area contributed by atoms with Crippen LogP contribution in [0.15, 0.2) is 24.3 Å². The van der Waals surface area contributed by atoms with E-state index in [1.54, 1.807) is 24.3 Å². The number of nitrogens with one attached hydrogen (secondary N) is 1. The van der Waals surface area contributed by atoms with Crippen molar-refractivity contribution in [3.05, 3.63) is 34.9 Å². The third-order valence-electron chi connectivity index (χ3n) is 1.97. The minimum absolute atomic E-state index is 0.232. The number of amides is 2. The second-order valence-corrected chi connectivity index (χ2v) is 3.65. The minimum Gasteiger partial charge on any atom is -0.481 e. The van der Waals surface area contributed by atoms with Crippen molar-refractivity contribution in [3.8, 4) is 0 Å². The van der Waals surface area contributed by atoms with E-state index in [0.29, 0.717) is 10.6 Å². The molecule has 4 N–H and O–H groups in total. The molecule has 0 saturated heterocycles. The highest BCUT2D eigenvalue weighted by atomic mass is 35.5. The molecule has 16 heavy (non-hydrogen) atoms. The van der Waals surface area contributed by atoms with Crippen LogP contribution in [0.5, 0.6) is 0 Å². The molecule has 0 heterocycles. The molecule has 1 unspecified atom stereocenters. The third kappa shape index (κ3) is 3.78. The highest BCUT2D eigenvalue weighted by molar-refractivity contribution is 6.30. The van der Waals surface area contributed by atoms with E-state index in [4.69, 9.17) is 22.4 Å². The Balaban J connectivity index is 2.86. The van der Waals surface area contributed by atoms with Crippen molar-refractivity contribution in [2.24, 2.45) is 5.73 Å². The quantitative estimate of drug-likeness (QED) is 0.747. The van der Waals surface area contributed by atoms with Crippen molar-refractivity contribution in [1.29, 1.82) is 0 Å². The SMILES string of the molecule is NC(=O)NC(CC(=O)O)c1ccc(Cl)cc1. The summed E-state index contributed by atoms with van der Waals surface area (Å²) in [6, 6.07) is 5.12. The molecule has 0 radical (unpaired) electrons. The monoisotopic (exact) mass is 242 g/mol. The minimum atomic E-state index is -1.02. The van der Waals surface area contributed by atoms with Gasteiger partial charge in [-0.25, -0.2) is 4.79 Å². The summed E-state index contributed by atoms with van der Waals surface area (Å²) < 4.78 is 0. The molecule has 0 aromatic heterocycles. The second kappa shape index (κ2) is 5.37. The number of carboxylic acids is 1. The van der Waals surface area contributed by atoms with Gasteiger partial charge in [0.05, 0.1) is 12.5 Å². The molecule has 0 spiro atoms. The van der Waals surface area contributed by atoms with Gasteiger partial charge in [0.2, 0.25) is 0 Å². The predicted octanol–water partition coefficient (Wildman–Crippen LogP) is 1.52. The van der Waals surface area contributed by atoms with E-state index in [-0.39, 0.29) is 6.42 Å². The van der Waals surface area contributed by atoms with Crippen molar-refractivity contribution in [2.45, 2.75) is 12.5 Å². The van der Waals surface area contributed by atoms with E-state index in [0.717, 1.165) is 0 Å². The molecule has 0 fully saturated rings. The van der Waals surface area contributed by atoms with Gasteiger partial charge in [-0.3, -0.25) is 4.79 Å². The maximum atomic E-state index is 10.7. The Labute approximate surface area is 97.2 Å². The summed E-state index contributed by atoms with van der Waals surface area (Å²) in [7, 11) is 0. The largest absolute Gasteiger partial charge is 0.481 e. The number of nitrogens with two attached hydrogens (primary N) is 1. The molecule has 0 saturated carbocycles. The number of primary amides is 1. The summed E-state index contributed by atoms with van der Waals surface area (Å²) in [5.74, 6) is -1.02. The lowest BCUT2D eigenvalue weighted by Crippen LogP contribution is -2.34. The summed E-state index contributed by atoms with van der Waals surface area (Å²) >= 11 is 5.70. The standard InChI is InChI=1S/C10H11ClN2O3/c11-7-3-1-6(2-4-7)8(5-9(14)15)13-10(12)16/h1-4,8H,5H2,(H,14,15)(H3,12,13,16). The van der Waals surface area contributed by atoms with Crippen LogP contribution in [0.4, 0.5) is 4.79 Å². The van der Waals surface area contributed by atoms with Crippen molar-refractivity contribution >= 4 is 23.6 Å². The first-order valence-corrected chi connectivity index (χ1v) is 4.90. The fraction of sp³-hybridized carbons (Fsp3) is 0.200. The first kappa shape index (κ1) is 12.3. The molecule has 0 aliphatic rings. The zero-order chi connectivity index (χ0) is 12.1. The van der Waals surface area contributed by atoms with E-state index in [1.807, 2.05) is 0 Å². The Morgan fingerprint density at radius 3 is 2.38 bits per heavy atom. The number of hydrogen-bond donors (Lipinski definition) is 3. The van der Waals surface area contributed by atoms with Crippen molar-refractivity contribution in [2.75, 3.05) is 0 Å². The number of urea groups is 1. The normalized spacial score (nSPS) is 11.8.